The van der Waals surface area contributed by atoms with E-state index in [2.05, 4.69) is 15.9 Å². The molecule has 0 N–H and O–H groups in total. The van der Waals surface area contributed by atoms with Gasteiger partial charge in [-0.05, 0) is 42.7 Å². The second-order valence-electron chi connectivity index (χ2n) is 6.89. The van der Waals surface area contributed by atoms with Crippen molar-refractivity contribution in [3.05, 3.63) is 75.9 Å². The molecule has 2 aromatic rings. The molecule has 0 aromatic heterocycles. The van der Waals surface area contributed by atoms with Crippen molar-refractivity contribution in [2.45, 2.75) is 25.4 Å². The number of carbonyl (C=O) groups is 2. The third kappa shape index (κ3) is 5.56. The summed E-state index contributed by atoms with van der Waals surface area (Å²) in [4.78, 5) is 27.4. The Bertz CT molecular complexity index is 930. The molecule has 0 spiro atoms. The van der Waals surface area contributed by atoms with Crippen molar-refractivity contribution in [1.29, 1.82) is 0 Å². The number of nitrogens with zero attached hydrogens (tertiary/aromatic N) is 1. The van der Waals surface area contributed by atoms with E-state index in [1.165, 1.54) is 12.1 Å². The summed E-state index contributed by atoms with van der Waals surface area (Å²) in [6.07, 6.45) is -1.40. The van der Waals surface area contributed by atoms with Gasteiger partial charge in [-0.25, -0.2) is 0 Å². The predicted molar refractivity (Wildman–Crippen MR) is 108 cm³/mol. The zero-order chi connectivity index (χ0) is 21.0. The van der Waals surface area contributed by atoms with Crippen molar-refractivity contribution in [2.24, 2.45) is 0 Å². The summed E-state index contributed by atoms with van der Waals surface area (Å²) >= 11 is 3.29. The number of benzene rings is 2. The number of ketones is 2. The van der Waals surface area contributed by atoms with Crippen molar-refractivity contribution in [3.63, 3.8) is 0 Å². The van der Waals surface area contributed by atoms with Gasteiger partial charge >= 0.3 is 6.18 Å². The molecule has 0 radical (unpaired) electrons. The molecule has 3 nitrogen and oxygen atoms in total. The zero-order valence-electron chi connectivity index (χ0n) is 15.5. The summed E-state index contributed by atoms with van der Waals surface area (Å²) in [7, 11) is 0. The fourth-order valence-corrected chi connectivity index (χ4v) is 3.47. The van der Waals surface area contributed by atoms with E-state index in [4.69, 9.17) is 0 Å². The van der Waals surface area contributed by atoms with Gasteiger partial charge in [-0.2, -0.15) is 13.2 Å². The second-order valence-corrected chi connectivity index (χ2v) is 7.81. The molecule has 2 aromatic carbocycles. The van der Waals surface area contributed by atoms with Crippen LogP contribution < -0.4 is 0 Å². The van der Waals surface area contributed by atoms with E-state index in [1.807, 2.05) is 4.90 Å². The number of hydrogen-bond donors (Lipinski definition) is 0. The van der Waals surface area contributed by atoms with Gasteiger partial charge in [0.25, 0.3) is 0 Å². The lowest BCUT2D eigenvalue weighted by atomic mass is 9.95. The van der Waals surface area contributed by atoms with Crippen LogP contribution in [0.5, 0.6) is 0 Å². The molecule has 152 valence electrons. The van der Waals surface area contributed by atoms with Gasteiger partial charge in [0, 0.05) is 34.9 Å². The van der Waals surface area contributed by atoms with E-state index in [0.29, 0.717) is 5.56 Å². The van der Waals surface area contributed by atoms with Crippen LogP contribution >= 0.6 is 15.9 Å². The van der Waals surface area contributed by atoms with Crippen LogP contribution in [0.2, 0.25) is 0 Å². The molecule has 1 saturated heterocycles. The summed E-state index contributed by atoms with van der Waals surface area (Å²) < 4.78 is 40.2. The highest BCUT2D eigenvalue weighted by atomic mass is 79.9. The predicted octanol–water partition coefficient (Wildman–Crippen LogP) is 5.75. The Labute approximate surface area is 175 Å². The molecule has 0 aliphatic carbocycles. The van der Waals surface area contributed by atoms with Crippen LogP contribution in [0.1, 0.15) is 40.7 Å². The van der Waals surface area contributed by atoms with Crippen molar-refractivity contribution in [2.75, 3.05) is 13.1 Å². The van der Waals surface area contributed by atoms with Crippen molar-refractivity contribution < 1.29 is 22.8 Å². The van der Waals surface area contributed by atoms with Gasteiger partial charge in [0.1, 0.15) is 0 Å². The highest BCUT2D eigenvalue weighted by Crippen LogP contribution is 2.32. The number of rotatable bonds is 6. The molecule has 1 aliphatic heterocycles. The van der Waals surface area contributed by atoms with E-state index >= 15 is 0 Å². The van der Waals surface area contributed by atoms with E-state index in [1.54, 1.807) is 30.5 Å². The monoisotopic (exact) mass is 465 g/mol. The van der Waals surface area contributed by atoms with Crippen molar-refractivity contribution in [3.8, 4) is 0 Å². The molecule has 1 aliphatic rings. The summed E-state index contributed by atoms with van der Waals surface area (Å²) in [5, 5.41) is 0. The molecule has 0 saturated carbocycles. The molecule has 0 unspecified atom stereocenters. The Morgan fingerprint density at radius 2 is 1.66 bits per heavy atom. The van der Waals surface area contributed by atoms with Gasteiger partial charge in [0.2, 0.25) is 0 Å². The molecule has 0 atom stereocenters. The molecule has 1 fully saturated rings. The van der Waals surface area contributed by atoms with Crippen molar-refractivity contribution in [1.82, 2.24) is 4.90 Å². The number of carbonyl (C=O) groups excluding carboxylic acids is 2. The molecule has 7 heteroatoms. The van der Waals surface area contributed by atoms with Crippen LogP contribution in [-0.2, 0) is 11.0 Å². The Hall–Kier alpha value is -2.41. The first-order chi connectivity index (χ1) is 13.7. The first-order valence-corrected chi connectivity index (χ1v) is 9.99. The fraction of sp³-hybridized carbons (Fsp3) is 0.273. The lowest BCUT2D eigenvalue weighted by molar-refractivity contribution is -0.137. The minimum absolute atomic E-state index is 0.128. The maximum absolute atomic E-state index is 13.1. The lowest BCUT2D eigenvalue weighted by Gasteiger charge is -2.16. The highest BCUT2D eigenvalue weighted by Gasteiger charge is 2.31. The first-order valence-electron chi connectivity index (χ1n) is 9.19. The van der Waals surface area contributed by atoms with E-state index < -0.39 is 23.9 Å². The van der Waals surface area contributed by atoms with Gasteiger partial charge in [-0.3, -0.25) is 9.59 Å². The molecule has 29 heavy (non-hydrogen) atoms. The Morgan fingerprint density at radius 3 is 2.28 bits per heavy atom. The Kier molecular flexibility index (Phi) is 6.57. The van der Waals surface area contributed by atoms with E-state index in [0.717, 1.165) is 42.5 Å². The summed E-state index contributed by atoms with van der Waals surface area (Å²) in [5.41, 5.74) is -0.149. The maximum atomic E-state index is 13.1. The van der Waals surface area contributed by atoms with Crippen LogP contribution in [0.3, 0.4) is 0 Å². The number of alkyl halides is 3. The van der Waals surface area contributed by atoms with E-state index in [9.17, 15) is 22.8 Å². The van der Waals surface area contributed by atoms with Crippen LogP contribution in [0.25, 0.3) is 5.57 Å². The third-order valence-corrected chi connectivity index (χ3v) is 5.27. The topological polar surface area (TPSA) is 37.4 Å². The first kappa shape index (κ1) is 21.3. The Morgan fingerprint density at radius 1 is 1.00 bits per heavy atom. The molecule has 0 bridgehead atoms. The van der Waals surface area contributed by atoms with Gasteiger partial charge in [-0.1, -0.05) is 40.2 Å². The standard InChI is InChI=1S/C22H19BrF3NO2/c23-18-8-6-15(7-9-18)20(28)13-21(29)19(14-27-10-1-2-11-27)16-4-3-5-17(12-16)22(24,25)26/h3-9,12,14H,1-2,10-11,13H2. The smallest absolute Gasteiger partial charge is 0.377 e. The van der Waals surface area contributed by atoms with Crippen LogP contribution in [0.4, 0.5) is 13.2 Å². The fourth-order valence-electron chi connectivity index (χ4n) is 3.20. The molecule has 0 amide bonds. The highest BCUT2D eigenvalue weighted by molar-refractivity contribution is 9.10. The lowest BCUT2D eigenvalue weighted by Crippen LogP contribution is -2.17. The minimum atomic E-state index is -4.51. The number of Topliss-reactive ketones (excluding diaryl/α,β-unsaturated/α-hetero) is 2. The quantitative estimate of drug-likeness (QED) is 0.309. The van der Waals surface area contributed by atoms with Gasteiger partial charge in [-0.15, -0.1) is 0 Å². The molecular formula is C22H19BrF3NO2. The summed E-state index contributed by atoms with van der Waals surface area (Å²) in [5.74, 6) is -0.869. The van der Waals surface area contributed by atoms with Gasteiger partial charge in [0.05, 0.1) is 12.0 Å². The second kappa shape index (κ2) is 8.95. The number of hydrogen-bond acceptors (Lipinski definition) is 3. The molecule has 1 heterocycles. The summed E-state index contributed by atoms with van der Waals surface area (Å²) in [6.45, 7) is 1.47. The van der Waals surface area contributed by atoms with Gasteiger partial charge in [0.15, 0.2) is 11.6 Å². The normalized spacial score (nSPS) is 14.9. The number of halogens is 4. The third-order valence-electron chi connectivity index (χ3n) is 4.74. The Balaban J connectivity index is 1.90. The minimum Gasteiger partial charge on any atom is -0.377 e. The van der Waals surface area contributed by atoms with E-state index in [-0.39, 0.29) is 16.9 Å². The molecule has 3 rings (SSSR count). The van der Waals surface area contributed by atoms with Crippen LogP contribution in [0, 0.1) is 0 Å². The SMILES string of the molecule is O=C(CC(=O)c1ccc(Br)cc1)C(=CN1CCCC1)c1cccc(C(F)(F)F)c1. The molecular weight excluding hydrogens is 447 g/mol. The van der Waals surface area contributed by atoms with Crippen LogP contribution in [0.15, 0.2) is 59.2 Å². The van der Waals surface area contributed by atoms with Crippen molar-refractivity contribution >= 4 is 33.1 Å². The zero-order valence-corrected chi connectivity index (χ0v) is 17.1. The number of allylic oxidation sites excluding steroid dienone is 1. The summed E-state index contributed by atoms with van der Waals surface area (Å²) in [6, 6.07) is 11.3. The van der Waals surface area contributed by atoms with Crippen LogP contribution in [-0.4, -0.2) is 29.6 Å². The average Bonchev–Trinajstić information content (AvgIpc) is 3.19. The average molecular weight is 466 g/mol. The van der Waals surface area contributed by atoms with Gasteiger partial charge < -0.3 is 4.90 Å². The largest absolute Gasteiger partial charge is 0.416 e. The number of likely N-dealkylation sites (tertiary alicyclic amines) is 1. The maximum Gasteiger partial charge on any atom is 0.416 e.